The number of aliphatic carboxylic acids is 1. The summed E-state index contributed by atoms with van der Waals surface area (Å²) in [7, 11) is 0. The third-order valence-electron chi connectivity index (χ3n) is 8.72. The second-order valence-corrected chi connectivity index (χ2v) is 13.1. The maximum atomic E-state index is 11.5. The molecule has 1 aliphatic carbocycles. The van der Waals surface area contributed by atoms with Gasteiger partial charge in [-0.1, -0.05) is 29.3 Å². The number of carbonyl (C=O) groups is 1. The molecule has 8 nitrogen and oxygen atoms in total. The van der Waals surface area contributed by atoms with Gasteiger partial charge in [0.15, 0.2) is 10.6 Å². The maximum absolute atomic E-state index is 11.5. The van der Waals surface area contributed by atoms with E-state index in [4.69, 9.17) is 33.2 Å². The van der Waals surface area contributed by atoms with Crippen molar-refractivity contribution in [2.75, 3.05) is 36.4 Å². The Labute approximate surface area is 236 Å². The fourth-order valence-electron chi connectivity index (χ4n) is 6.27. The van der Waals surface area contributed by atoms with Gasteiger partial charge >= 0.3 is 5.97 Å². The first-order valence-corrected chi connectivity index (χ1v) is 14.9. The van der Waals surface area contributed by atoms with Crippen LogP contribution in [0, 0.1) is 17.3 Å². The molecule has 3 aromatic rings. The van der Waals surface area contributed by atoms with Crippen molar-refractivity contribution in [1.82, 2.24) is 19.9 Å². The highest BCUT2D eigenvalue weighted by atomic mass is 35.5. The minimum atomic E-state index is -0.658. The van der Waals surface area contributed by atoms with Gasteiger partial charge in [-0.2, -0.15) is 9.97 Å². The second kappa shape index (κ2) is 10.1. The van der Waals surface area contributed by atoms with Crippen molar-refractivity contribution >= 4 is 62.6 Å². The molecule has 6 rings (SSSR count). The zero-order valence-corrected chi connectivity index (χ0v) is 23.9. The van der Waals surface area contributed by atoms with Gasteiger partial charge in [0.25, 0.3) is 0 Å². The summed E-state index contributed by atoms with van der Waals surface area (Å²) >= 11 is 14.1. The molecule has 2 saturated heterocycles. The Hall–Kier alpha value is -2.20. The van der Waals surface area contributed by atoms with Gasteiger partial charge in [-0.25, -0.2) is 4.98 Å². The Morgan fingerprint density at radius 3 is 2.74 bits per heavy atom. The minimum Gasteiger partial charge on any atom is -0.481 e. The molecule has 0 radical (unpaired) electrons. The molecule has 2 aliphatic heterocycles. The van der Waals surface area contributed by atoms with E-state index in [1.165, 1.54) is 24.2 Å². The molecule has 0 bridgehead atoms. The van der Waals surface area contributed by atoms with E-state index in [2.05, 4.69) is 20.1 Å². The molecule has 202 valence electrons. The summed E-state index contributed by atoms with van der Waals surface area (Å²) < 4.78 is 0. The number of nitrogens with one attached hydrogen (secondary N) is 1. The third kappa shape index (κ3) is 4.83. The highest BCUT2D eigenvalue weighted by molar-refractivity contribution is 7.16. The van der Waals surface area contributed by atoms with Gasteiger partial charge in [-0.15, -0.1) is 11.3 Å². The zero-order chi connectivity index (χ0) is 26.6. The van der Waals surface area contributed by atoms with Crippen molar-refractivity contribution < 1.29 is 9.90 Å². The average molecular weight is 576 g/mol. The first-order chi connectivity index (χ1) is 18.2. The molecule has 3 aliphatic rings. The fourth-order valence-corrected chi connectivity index (χ4v) is 7.50. The van der Waals surface area contributed by atoms with Crippen LogP contribution in [0.4, 0.5) is 11.8 Å². The number of aromatic nitrogens is 3. The van der Waals surface area contributed by atoms with Crippen LogP contribution in [0.15, 0.2) is 23.7 Å². The fraction of sp³-hybridized carbons (Fsp3) is 0.556. The summed E-state index contributed by atoms with van der Waals surface area (Å²) in [5, 5.41) is 14.2. The van der Waals surface area contributed by atoms with E-state index in [0.29, 0.717) is 33.7 Å². The highest BCUT2D eigenvalue weighted by Crippen LogP contribution is 2.45. The van der Waals surface area contributed by atoms with E-state index in [1.54, 1.807) is 11.6 Å². The molecule has 0 unspecified atom stereocenters. The lowest BCUT2D eigenvalue weighted by molar-refractivity contribution is -0.158. The van der Waals surface area contributed by atoms with Gasteiger partial charge in [0.1, 0.15) is 5.52 Å². The standard InChI is InChI=1S/C27H32Cl2N6O2S/c1-15(20-6-5-18(28)8-21(20)29)31-23-22-24(38-14-30-22)33-26(32-23)35-12-17(13-35)16-4-3-7-34(11-16)19-9-27(2,10-19)25(36)37/h5-6,8,14-17,19H,3-4,7,9-13H2,1-2H3,(H,36,37)(H,31,32,33)/t15-,16+,19-,27-/m1/s1. The topological polar surface area (TPSA) is 94.5 Å². The average Bonchev–Trinajstić information content (AvgIpc) is 3.30. The highest BCUT2D eigenvalue weighted by Gasteiger charge is 2.49. The minimum absolute atomic E-state index is 0.0840. The van der Waals surface area contributed by atoms with Crippen LogP contribution >= 0.6 is 34.5 Å². The van der Waals surface area contributed by atoms with Gasteiger partial charge in [-0.3, -0.25) is 4.79 Å². The van der Waals surface area contributed by atoms with Crippen LogP contribution in [-0.2, 0) is 4.79 Å². The number of carboxylic acid groups (broad SMARTS) is 1. The molecule has 1 aromatic carbocycles. The zero-order valence-electron chi connectivity index (χ0n) is 21.5. The Morgan fingerprint density at radius 2 is 2.00 bits per heavy atom. The van der Waals surface area contributed by atoms with Crippen molar-refractivity contribution in [1.29, 1.82) is 0 Å². The monoisotopic (exact) mass is 574 g/mol. The number of halogens is 2. The number of hydrogen-bond acceptors (Lipinski definition) is 8. The number of nitrogens with zero attached hydrogens (tertiary/aromatic N) is 5. The van der Waals surface area contributed by atoms with Crippen molar-refractivity contribution in [3.05, 3.63) is 39.3 Å². The van der Waals surface area contributed by atoms with E-state index in [-0.39, 0.29) is 6.04 Å². The first kappa shape index (κ1) is 26.0. The third-order valence-corrected chi connectivity index (χ3v) is 10.0. The molecule has 0 spiro atoms. The molecular formula is C27H32Cl2N6O2S. The van der Waals surface area contributed by atoms with Crippen LogP contribution in [0.1, 0.15) is 51.1 Å². The number of anilines is 2. The Balaban J connectivity index is 1.11. The van der Waals surface area contributed by atoms with Crippen LogP contribution < -0.4 is 10.2 Å². The molecule has 11 heteroatoms. The quantitative estimate of drug-likeness (QED) is 0.356. The lowest BCUT2D eigenvalue weighted by atomic mass is 9.65. The SMILES string of the molecule is C[C@@H](Nc1nc(N2CC([C@H]3CCCN([C@H]4C[C@](C)(C(=O)O)C4)C3)C2)nc2scnc12)c1ccc(Cl)cc1Cl. The van der Waals surface area contributed by atoms with Gasteiger partial charge in [0, 0.05) is 35.7 Å². The molecule has 3 fully saturated rings. The number of rotatable bonds is 7. The predicted octanol–water partition coefficient (Wildman–Crippen LogP) is 5.97. The first-order valence-electron chi connectivity index (χ1n) is 13.3. The summed E-state index contributed by atoms with van der Waals surface area (Å²) in [6, 6.07) is 5.86. The van der Waals surface area contributed by atoms with Gasteiger partial charge in [0.05, 0.1) is 17.0 Å². The molecule has 0 amide bonds. The second-order valence-electron chi connectivity index (χ2n) is 11.4. The van der Waals surface area contributed by atoms with Crippen LogP contribution in [0.2, 0.25) is 10.0 Å². The molecule has 4 heterocycles. The number of thiazole rings is 1. The molecule has 2 atom stereocenters. The molecular weight excluding hydrogens is 543 g/mol. The summed E-state index contributed by atoms with van der Waals surface area (Å²) in [5.41, 5.74) is 2.98. The largest absolute Gasteiger partial charge is 0.481 e. The Bertz CT molecular complexity index is 1360. The summed E-state index contributed by atoms with van der Waals surface area (Å²) in [6.07, 6.45) is 3.96. The van der Waals surface area contributed by atoms with Crippen LogP contribution in [0.5, 0.6) is 0 Å². The molecule has 2 N–H and O–H groups in total. The van der Waals surface area contributed by atoms with Gasteiger partial charge in [-0.05, 0) is 75.6 Å². The van der Waals surface area contributed by atoms with Crippen molar-refractivity contribution in [3.63, 3.8) is 0 Å². The van der Waals surface area contributed by atoms with Gasteiger partial charge < -0.3 is 20.2 Å². The summed E-state index contributed by atoms with van der Waals surface area (Å²) in [6.45, 7) is 7.97. The summed E-state index contributed by atoms with van der Waals surface area (Å²) in [4.78, 5) is 31.4. The number of piperidine rings is 1. The number of fused-ring (bicyclic) bond motifs is 1. The number of carboxylic acids is 1. The molecule has 2 aromatic heterocycles. The smallest absolute Gasteiger partial charge is 0.309 e. The van der Waals surface area contributed by atoms with E-state index in [1.807, 2.05) is 26.0 Å². The normalized spacial score (nSPS) is 27.1. The van der Waals surface area contributed by atoms with E-state index in [9.17, 15) is 9.90 Å². The van der Waals surface area contributed by atoms with E-state index in [0.717, 1.165) is 60.9 Å². The number of benzene rings is 1. The maximum Gasteiger partial charge on any atom is 0.309 e. The predicted molar refractivity (Wildman–Crippen MR) is 152 cm³/mol. The van der Waals surface area contributed by atoms with Crippen molar-refractivity contribution in [2.45, 2.75) is 51.6 Å². The van der Waals surface area contributed by atoms with Crippen LogP contribution in [0.3, 0.4) is 0 Å². The van der Waals surface area contributed by atoms with Crippen molar-refractivity contribution in [3.8, 4) is 0 Å². The Morgan fingerprint density at radius 1 is 1.21 bits per heavy atom. The van der Waals surface area contributed by atoms with Crippen LogP contribution in [0.25, 0.3) is 10.3 Å². The van der Waals surface area contributed by atoms with E-state index < -0.39 is 11.4 Å². The summed E-state index contributed by atoms with van der Waals surface area (Å²) in [5.74, 6) is 2.03. The Kier molecular flexibility index (Phi) is 6.91. The number of likely N-dealkylation sites (tertiary alicyclic amines) is 1. The number of hydrogen-bond donors (Lipinski definition) is 2. The van der Waals surface area contributed by atoms with E-state index >= 15 is 0 Å². The molecule has 1 saturated carbocycles. The van der Waals surface area contributed by atoms with Crippen LogP contribution in [-0.4, -0.2) is 63.1 Å². The van der Waals surface area contributed by atoms with Crippen molar-refractivity contribution in [2.24, 2.45) is 17.3 Å². The lowest BCUT2D eigenvalue weighted by Crippen LogP contribution is -2.58. The molecule has 38 heavy (non-hydrogen) atoms. The van der Waals surface area contributed by atoms with Gasteiger partial charge in [0.2, 0.25) is 5.95 Å². The lowest BCUT2D eigenvalue weighted by Gasteiger charge is -2.52.